The highest BCUT2D eigenvalue weighted by Gasteiger charge is 2.53. The molecule has 1 N–H and O–H groups in total. The molecule has 1 amide bonds. The van der Waals surface area contributed by atoms with E-state index in [1.54, 1.807) is 56.3 Å². The van der Waals surface area contributed by atoms with Gasteiger partial charge >= 0.3 is 0 Å². The minimum Gasteiger partial charge on any atom is -0.478 e. The number of carbonyl (C=O) groups excluding carboxylic acids is 2. The van der Waals surface area contributed by atoms with Crippen LogP contribution in [-0.2, 0) is 15.1 Å². The first-order chi connectivity index (χ1) is 16.1. The molecule has 1 aliphatic rings. The molecule has 1 fully saturated rings. The molecule has 4 rings (SSSR count). The number of amides is 1. The van der Waals surface area contributed by atoms with Crippen LogP contribution in [0.25, 0.3) is 0 Å². The van der Waals surface area contributed by atoms with Crippen LogP contribution in [0.5, 0.6) is 5.88 Å². The van der Waals surface area contributed by atoms with E-state index in [1.165, 1.54) is 15.6 Å². The molecule has 3 heterocycles. The van der Waals surface area contributed by atoms with E-state index in [0.717, 1.165) is 5.56 Å². The molecule has 1 saturated heterocycles. The molecule has 1 aromatic carbocycles. The fourth-order valence-corrected chi connectivity index (χ4v) is 5.47. The maximum Gasteiger partial charge on any atom is 0.248 e. The summed E-state index contributed by atoms with van der Waals surface area (Å²) in [4.78, 5) is 31.8. The number of ether oxygens (including phenoxy) is 1. The van der Waals surface area contributed by atoms with Crippen LogP contribution in [0.4, 0.5) is 0 Å². The maximum atomic E-state index is 13.6. The Labute approximate surface area is 213 Å². The molecule has 9 heteroatoms. The first-order valence-electron chi connectivity index (χ1n) is 10.8. The molecule has 2 unspecified atom stereocenters. The van der Waals surface area contributed by atoms with Gasteiger partial charge in [-0.25, -0.2) is 4.98 Å². The fraction of sp³-hybridized carbons (Fsp3) is 0.320. The molecule has 6 nitrogen and oxygen atoms in total. The number of benzene rings is 1. The molecule has 0 saturated carbocycles. The lowest BCUT2D eigenvalue weighted by Crippen LogP contribution is -2.54. The van der Waals surface area contributed by atoms with Crippen LogP contribution < -0.4 is 4.74 Å². The van der Waals surface area contributed by atoms with Crippen molar-refractivity contribution in [2.24, 2.45) is 0 Å². The summed E-state index contributed by atoms with van der Waals surface area (Å²) in [6.45, 7) is 3.68. The quantitative estimate of drug-likeness (QED) is 0.341. The highest BCUT2D eigenvalue weighted by atomic mass is 35.5. The van der Waals surface area contributed by atoms with Gasteiger partial charge in [0.15, 0.2) is 5.78 Å². The van der Waals surface area contributed by atoms with E-state index in [-0.39, 0.29) is 18.8 Å². The minimum atomic E-state index is -1.20. The molecule has 34 heavy (non-hydrogen) atoms. The van der Waals surface area contributed by atoms with Crippen LogP contribution >= 0.6 is 35.8 Å². The van der Waals surface area contributed by atoms with Crippen LogP contribution in [0.2, 0.25) is 5.02 Å². The second-order valence-corrected chi connectivity index (χ2v) is 10.5. The predicted octanol–water partition coefficient (Wildman–Crippen LogP) is 5.01. The molecule has 0 spiro atoms. The van der Waals surface area contributed by atoms with Crippen molar-refractivity contribution in [1.29, 1.82) is 0 Å². The van der Waals surface area contributed by atoms with E-state index in [4.69, 9.17) is 16.3 Å². The van der Waals surface area contributed by atoms with E-state index >= 15 is 0 Å². The largest absolute Gasteiger partial charge is 0.478 e. The Balaban J connectivity index is 1.74. The SMILES string of the molecule is CC(C)(O)CCOc1cccc(C2(c3ccsc3)CC(=O)C(c3ccccc3Cl)C(=O)N2S)n1. The van der Waals surface area contributed by atoms with Gasteiger partial charge < -0.3 is 9.84 Å². The number of thiophene rings is 1. The first-order valence-corrected chi connectivity index (χ1v) is 12.5. The number of aromatic nitrogens is 1. The fourth-order valence-electron chi connectivity index (χ4n) is 4.09. The number of rotatable bonds is 7. The Morgan fingerprint density at radius 1 is 1.24 bits per heavy atom. The van der Waals surface area contributed by atoms with Crippen LogP contribution in [0.3, 0.4) is 0 Å². The van der Waals surface area contributed by atoms with Crippen molar-refractivity contribution in [3.8, 4) is 5.88 Å². The Morgan fingerprint density at radius 3 is 2.68 bits per heavy atom. The van der Waals surface area contributed by atoms with Crippen molar-refractivity contribution in [1.82, 2.24) is 9.29 Å². The maximum absolute atomic E-state index is 13.6. The predicted molar refractivity (Wildman–Crippen MR) is 135 cm³/mol. The normalized spacial score (nSPS) is 21.1. The highest BCUT2D eigenvalue weighted by Crippen LogP contribution is 2.48. The monoisotopic (exact) mass is 516 g/mol. The van der Waals surface area contributed by atoms with Gasteiger partial charge in [0.1, 0.15) is 11.5 Å². The van der Waals surface area contributed by atoms with Crippen molar-refractivity contribution in [3.63, 3.8) is 0 Å². The molecule has 0 bridgehead atoms. The van der Waals surface area contributed by atoms with Gasteiger partial charge in [0.2, 0.25) is 11.8 Å². The number of aliphatic hydroxyl groups is 1. The Morgan fingerprint density at radius 2 is 2.00 bits per heavy atom. The molecule has 0 aliphatic carbocycles. The molecule has 2 aromatic heterocycles. The number of nitrogens with zero attached hydrogens (tertiary/aromatic N) is 2. The Hall–Kier alpha value is -2.39. The van der Waals surface area contributed by atoms with Crippen LogP contribution in [-0.4, -0.2) is 38.3 Å². The zero-order valence-corrected chi connectivity index (χ0v) is 21.2. The molecule has 178 valence electrons. The number of carbonyl (C=O) groups is 2. The smallest absolute Gasteiger partial charge is 0.248 e. The van der Waals surface area contributed by atoms with E-state index in [0.29, 0.717) is 28.6 Å². The van der Waals surface area contributed by atoms with E-state index in [1.807, 2.05) is 16.8 Å². The molecular formula is C25H25ClN2O4S2. The highest BCUT2D eigenvalue weighted by molar-refractivity contribution is 7.78. The number of pyridine rings is 1. The summed E-state index contributed by atoms with van der Waals surface area (Å²) in [6.07, 6.45) is 0.402. The third-order valence-electron chi connectivity index (χ3n) is 5.90. The number of thiol groups is 1. The number of Topliss-reactive ketones (excluding diaryl/α,β-unsaturated/α-hetero) is 1. The Bertz CT molecular complexity index is 1200. The van der Waals surface area contributed by atoms with Crippen LogP contribution in [0.1, 0.15) is 49.4 Å². The van der Waals surface area contributed by atoms with Gasteiger partial charge in [0, 0.05) is 23.9 Å². The van der Waals surface area contributed by atoms with Gasteiger partial charge in [0.05, 0.1) is 17.9 Å². The summed E-state index contributed by atoms with van der Waals surface area (Å²) in [5.74, 6) is -1.42. The zero-order valence-electron chi connectivity index (χ0n) is 18.8. The van der Waals surface area contributed by atoms with Crippen molar-refractivity contribution in [2.75, 3.05) is 6.61 Å². The lowest BCUT2D eigenvalue weighted by Gasteiger charge is -2.45. The minimum absolute atomic E-state index is 0.0189. The first kappa shape index (κ1) is 24.7. The average Bonchev–Trinajstić information content (AvgIpc) is 3.32. The number of halogens is 1. The third-order valence-corrected chi connectivity index (χ3v) is 7.46. The lowest BCUT2D eigenvalue weighted by molar-refractivity contribution is -0.142. The Kier molecular flexibility index (Phi) is 7.05. The number of piperidine rings is 1. The van der Waals surface area contributed by atoms with Gasteiger partial charge in [-0.15, -0.1) is 0 Å². The summed E-state index contributed by atoms with van der Waals surface area (Å²) >= 11 is 12.4. The van der Waals surface area contributed by atoms with Gasteiger partial charge in [-0.3, -0.25) is 13.9 Å². The summed E-state index contributed by atoms with van der Waals surface area (Å²) in [5, 5.41) is 14.1. The summed E-state index contributed by atoms with van der Waals surface area (Å²) in [6, 6.07) is 14.0. The van der Waals surface area contributed by atoms with Crippen molar-refractivity contribution in [2.45, 2.75) is 43.7 Å². The van der Waals surface area contributed by atoms with Gasteiger partial charge in [-0.1, -0.05) is 48.7 Å². The van der Waals surface area contributed by atoms with Crippen LogP contribution in [0.15, 0.2) is 59.3 Å². The van der Waals surface area contributed by atoms with Gasteiger partial charge in [0.25, 0.3) is 0 Å². The number of hydrogen-bond acceptors (Lipinski definition) is 7. The van der Waals surface area contributed by atoms with Crippen molar-refractivity contribution in [3.05, 3.63) is 81.1 Å². The molecule has 1 aliphatic heterocycles. The second kappa shape index (κ2) is 9.70. The molecule has 0 radical (unpaired) electrons. The van der Waals surface area contributed by atoms with E-state index in [9.17, 15) is 14.7 Å². The second-order valence-electron chi connectivity index (χ2n) is 8.89. The van der Waals surface area contributed by atoms with E-state index in [2.05, 4.69) is 17.8 Å². The standard InChI is InChI=1S/C25H25ClN2O4S2/c1-24(2,31)11-12-32-21-9-5-8-20(27-21)25(16-10-13-34-15-16)14-19(29)22(23(30)28(25)33)17-6-3-4-7-18(17)26/h3-10,13,15,22,31,33H,11-12,14H2,1-2H3. The third kappa shape index (κ3) is 4.73. The number of hydrogen-bond donors (Lipinski definition) is 2. The van der Waals surface area contributed by atoms with Gasteiger partial charge in [-0.05, 0) is 53.9 Å². The summed E-state index contributed by atoms with van der Waals surface area (Å²) in [7, 11) is 0. The lowest BCUT2D eigenvalue weighted by atomic mass is 9.75. The van der Waals surface area contributed by atoms with Crippen molar-refractivity contribution >= 4 is 47.4 Å². The molecule has 2 atom stereocenters. The summed E-state index contributed by atoms with van der Waals surface area (Å²) < 4.78 is 7.08. The molecule has 3 aromatic rings. The van der Waals surface area contributed by atoms with Gasteiger partial charge in [-0.2, -0.15) is 11.3 Å². The topological polar surface area (TPSA) is 79.7 Å². The molecular weight excluding hydrogens is 492 g/mol. The van der Waals surface area contributed by atoms with Crippen molar-refractivity contribution < 1.29 is 19.4 Å². The summed E-state index contributed by atoms with van der Waals surface area (Å²) in [5.41, 5.74) is -0.388. The number of ketones is 1. The average molecular weight is 517 g/mol. The van der Waals surface area contributed by atoms with E-state index < -0.39 is 23.0 Å². The van der Waals surface area contributed by atoms with Crippen LogP contribution in [0, 0.1) is 0 Å². The zero-order chi connectivity index (χ0) is 24.5.